The molecule has 0 spiro atoms. The number of fused-ring (bicyclic) bond motifs is 1. The Morgan fingerprint density at radius 3 is 2.50 bits per heavy atom. The second-order valence-electron chi connectivity index (χ2n) is 5.95. The number of aliphatic imine (C=N–C) groups is 1. The van der Waals surface area contributed by atoms with Crippen molar-refractivity contribution >= 4 is 31.0 Å². The van der Waals surface area contributed by atoms with Crippen LogP contribution >= 0.6 is 0 Å². The molecular weight excluding hydrogens is 329 g/mol. The molecule has 0 aromatic heterocycles. The summed E-state index contributed by atoms with van der Waals surface area (Å²) in [6.45, 7) is 2.03. The van der Waals surface area contributed by atoms with Crippen molar-refractivity contribution in [2.24, 2.45) is 4.99 Å². The Bertz CT molecular complexity index is 914. The molecule has 2 aromatic rings. The van der Waals surface area contributed by atoms with Crippen LogP contribution in [0.5, 0.6) is 0 Å². The van der Waals surface area contributed by atoms with E-state index in [1.165, 1.54) is 0 Å². The highest BCUT2D eigenvalue weighted by atomic mass is 19.2. The van der Waals surface area contributed by atoms with Crippen LogP contribution in [0.3, 0.4) is 0 Å². The molecule has 1 aliphatic heterocycles. The molecule has 0 aliphatic carbocycles. The van der Waals surface area contributed by atoms with Crippen LogP contribution in [0.4, 0.5) is 14.3 Å². The predicted molar refractivity (Wildman–Crippen MR) is 108 cm³/mol. The first-order valence-electron chi connectivity index (χ1n) is 8.37. The van der Waals surface area contributed by atoms with Gasteiger partial charge in [0.2, 0.25) is 0 Å². The molecule has 0 atom stereocenters. The number of hydrogen-bond donors (Lipinski definition) is 0. The maximum absolute atomic E-state index is 13.7. The van der Waals surface area contributed by atoms with E-state index in [0.717, 1.165) is 21.5 Å². The van der Waals surface area contributed by atoms with Crippen LogP contribution in [0.2, 0.25) is 0 Å². The maximum atomic E-state index is 13.7. The Morgan fingerprint density at radius 2 is 1.77 bits per heavy atom. The number of benzene rings is 2. The lowest BCUT2D eigenvalue weighted by Crippen LogP contribution is -2.33. The van der Waals surface area contributed by atoms with Gasteiger partial charge in [0.25, 0.3) is 0 Å². The molecule has 26 heavy (non-hydrogen) atoms. The summed E-state index contributed by atoms with van der Waals surface area (Å²) in [7, 11) is -0.979. The van der Waals surface area contributed by atoms with E-state index in [0.29, 0.717) is 17.1 Å². The van der Waals surface area contributed by atoms with Gasteiger partial charge in [-0.15, -0.1) is 0 Å². The zero-order valence-corrected chi connectivity index (χ0v) is 14.7. The van der Waals surface area contributed by atoms with Crippen molar-refractivity contribution < 1.29 is 8.63 Å². The lowest BCUT2D eigenvalue weighted by Gasteiger charge is -2.28. The monoisotopic (exact) mass is 348 g/mol. The van der Waals surface area contributed by atoms with Crippen molar-refractivity contribution in [3.05, 3.63) is 89.1 Å². The molecule has 1 heterocycles. The molecule has 0 unspecified atom stereocenters. The van der Waals surface area contributed by atoms with Crippen molar-refractivity contribution in [1.29, 1.82) is 0 Å². The van der Waals surface area contributed by atoms with Crippen molar-refractivity contribution in [3.63, 3.8) is 0 Å². The molecule has 3 rings (SSSR count). The van der Waals surface area contributed by atoms with Crippen molar-refractivity contribution in [3.8, 4) is 0 Å². The standard InChI is InChI=1S/C21H19BF2N2/c1-16-7-3-4-8-17(16)11-13-19(25-2)15-20-14-12-18-9-5-6-10-21(18)26(20)22(23)24/h3-15H,1-2H3/b13-11-,20-15-,25-19-. The van der Waals surface area contributed by atoms with Crippen LogP contribution in [0.25, 0.3) is 12.2 Å². The Balaban J connectivity index is 1.93. The molecule has 2 nitrogen and oxygen atoms in total. The van der Waals surface area contributed by atoms with Gasteiger partial charge in [-0.05, 0) is 47.9 Å². The normalized spacial score (nSPS) is 15.6. The fourth-order valence-electron chi connectivity index (χ4n) is 2.87. The van der Waals surface area contributed by atoms with E-state index in [9.17, 15) is 8.63 Å². The second-order valence-corrected chi connectivity index (χ2v) is 5.95. The fraction of sp³-hybridized carbons (Fsp3) is 0.0952. The minimum absolute atomic E-state index is 0.411. The molecule has 2 aromatic carbocycles. The topological polar surface area (TPSA) is 15.6 Å². The van der Waals surface area contributed by atoms with Gasteiger partial charge in [0.1, 0.15) is 0 Å². The number of halogens is 2. The minimum Gasteiger partial charge on any atom is -0.325 e. The van der Waals surface area contributed by atoms with Crippen LogP contribution in [0.15, 0.2) is 77.4 Å². The quantitative estimate of drug-likeness (QED) is 0.532. The Labute approximate surface area is 153 Å². The highest BCUT2D eigenvalue weighted by Crippen LogP contribution is 2.32. The fourth-order valence-corrected chi connectivity index (χ4v) is 2.87. The summed E-state index contributed by atoms with van der Waals surface area (Å²) in [6.07, 6.45) is 9.00. The third-order valence-corrected chi connectivity index (χ3v) is 4.28. The van der Waals surface area contributed by atoms with Crippen LogP contribution in [0.1, 0.15) is 16.7 Å². The summed E-state index contributed by atoms with van der Waals surface area (Å²) in [5.74, 6) is 0. The largest absolute Gasteiger partial charge is 0.678 e. The van der Waals surface area contributed by atoms with Crippen LogP contribution < -0.4 is 4.81 Å². The summed E-state index contributed by atoms with van der Waals surface area (Å²) in [6, 6.07) is 15.1. The molecule has 0 bridgehead atoms. The van der Waals surface area contributed by atoms with Gasteiger partial charge in [0, 0.05) is 18.4 Å². The average molecular weight is 348 g/mol. The zero-order chi connectivity index (χ0) is 18.5. The highest BCUT2D eigenvalue weighted by Gasteiger charge is 2.31. The number of aryl methyl sites for hydroxylation is 1. The SMILES string of the molecule is C/N=C(/C=C\c1ccccc1C)\C=C1\C=Cc2ccccc2N1B(F)F. The van der Waals surface area contributed by atoms with E-state index in [2.05, 4.69) is 4.99 Å². The number of allylic oxidation sites excluding steroid dienone is 3. The Hall–Kier alpha value is -2.95. The summed E-state index contributed by atoms with van der Waals surface area (Å²) in [4.78, 5) is 5.25. The number of hydrogen-bond acceptors (Lipinski definition) is 2. The van der Waals surface area contributed by atoms with Crippen molar-refractivity contribution in [2.45, 2.75) is 6.92 Å². The smallest absolute Gasteiger partial charge is 0.325 e. The van der Waals surface area contributed by atoms with E-state index in [-0.39, 0.29) is 0 Å². The minimum atomic E-state index is -2.63. The number of para-hydroxylation sites is 1. The van der Waals surface area contributed by atoms with Crippen molar-refractivity contribution in [2.75, 3.05) is 11.9 Å². The van der Waals surface area contributed by atoms with Gasteiger partial charge in [0.05, 0.1) is 5.71 Å². The summed E-state index contributed by atoms with van der Waals surface area (Å²) < 4.78 is 27.4. The third-order valence-electron chi connectivity index (χ3n) is 4.28. The first-order valence-corrected chi connectivity index (χ1v) is 8.37. The molecule has 5 heteroatoms. The van der Waals surface area contributed by atoms with Crippen LogP contribution in [-0.4, -0.2) is 20.2 Å². The lowest BCUT2D eigenvalue weighted by atomic mass is 9.98. The van der Waals surface area contributed by atoms with Gasteiger partial charge in [-0.25, -0.2) is 0 Å². The molecule has 0 N–H and O–H groups in total. The highest BCUT2D eigenvalue weighted by molar-refractivity contribution is 6.50. The third kappa shape index (κ3) is 3.82. The van der Waals surface area contributed by atoms with Crippen LogP contribution in [0, 0.1) is 6.92 Å². The van der Waals surface area contributed by atoms with Gasteiger partial charge in [-0.1, -0.05) is 54.6 Å². The summed E-state index contributed by atoms with van der Waals surface area (Å²) in [5.41, 5.74) is 4.52. The molecule has 0 saturated heterocycles. The molecule has 130 valence electrons. The van der Waals surface area contributed by atoms with E-state index >= 15 is 0 Å². The molecular formula is C21H19BF2N2. The van der Waals surface area contributed by atoms with Gasteiger partial charge in [-0.3, -0.25) is 13.6 Å². The van der Waals surface area contributed by atoms with Gasteiger partial charge < -0.3 is 4.81 Å². The van der Waals surface area contributed by atoms with Gasteiger partial charge >= 0.3 is 7.40 Å². The first-order chi connectivity index (χ1) is 12.6. The Kier molecular flexibility index (Phi) is 5.47. The lowest BCUT2D eigenvalue weighted by molar-refractivity contribution is 0.652. The second kappa shape index (κ2) is 7.96. The number of anilines is 1. The maximum Gasteiger partial charge on any atom is 0.678 e. The summed E-state index contributed by atoms with van der Waals surface area (Å²) >= 11 is 0. The van der Waals surface area contributed by atoms with Gasteiger partial charge in [0.15, 0.2) is 0 Å². The molecule has 0 saturated carbocycles. The molecule has 0 radical (unpaired) electrons. The van der Waals surface area contributed by atoms with Crippen LogP contribution in [-0.2, 0) is 0 Å². The van der Waals surface area contributed by atoms with Gasteiger partial charge in [-0.2, -0.15) is 0 Å². The molecule has 0 amide bonds. The molecule has 1 aliphatic rings. The van der Waals surface area contributed by atoms with Crippen molar-refractivity contribution in [1.82, 2.24) is 0 Å². The number of nitrogens with zero attached hydrogens (tertiary/aromatic N) is 2. The first kappa shape index (κ1) is 17.9. The Morgan fingerprint density at radius 1 is 1.04 bits per heavy atom. The summed E-state index contributed by atoms with van der Waals surface area (Å²) in [5, 5.41) is 0. The zero-order valence-electron chi connectivity index (χ0n) is 14.7. The number of rotatable bonds is 4. The van der Waals surface area contributed by atoms with E-state index in [4.69, 9.17) is 0 Å². The van der Waals surface area contributed by atoms with E-state index in [1.54, 1.807) is 31.3 Å². The molecule has 0 fully saturated rings. The van der Waals surface area contributed by atoms with E-state index < -0.39 is 7.40 Å². The average Bonchev–Trinajstić information content (AvgIpc) is 2.65. The van der Waals surface area contributed by atoms with E-state index in [1.807, 2.05) is 61.5 Å². The predicted octanol–water partition coefficient (Wildman–Crippen LogP) is 5.42.